The minimum absolute atomic E-state index is 0.0409. The molecule has 0 bridgehead atoms. The molecule has 0 fully saturated rings. The molecule has 0 radical (unpaired) electrons. The molecule has 0 spiro atoms. The number of unbranched alkanes of at least 4 members (excludes halogenated alkanes) is 1. The van der Waals surface area contributed by atoms with Crippen LogP contribution in [0.1, 0.15) is 30.1 Å². The van der Waals surface area contributed by atoms with E-state index in [4.69, 9.17) is 5.11 Å². The van der Waals surface area contributed by atoms with Crippen LogP contribution in [0.25, 0.3) is 0 Å². The van der Waals surface area contributed by atoms with Crippen molar-refractivity contribution in [1.29, 1.82) is 0 Å². The van der Waals surface area contributed by atoms with Gasteiger partial charge in [-0.1, -0.05) is 19.4 Å². The zero-order valence-electron chi connectivity index (χ0n) is 10.9. The van der Waals surface area contributed by atoms with Crippen LogP contribution in [0.4, 0.5) is 14.9 Å². The Morgan fingerprint density at radius 3 is 2.68 bits per heavy atom. The van der Waals surface area contributed by atoms with E-state index >= 15 is 0 Å². The number of rotatable bonds is 5. The Kier molecular flexibility index (Phi) is 5.29. The van der Waals surface area contributed by atoms with E-state index in [-0.39, 0.29) is 5.69 Å². The molecule has 2 amide bonds. The second-order valence-electron chi connectivity index (χ2n) is 4.17. The first-order valence-corrected chi connectivity index (χ1v) is 6.01. The standard InChI is InChI=1S/C13H17FN2O3/c1-3-4-8-16(2)13(19)15-10-7-5-6-9(14)11(10)12(17)18/h5-7H,3-4,8H2,1-2H3,(H,15,19)(H,17,18). The van der Waals surface area contributed by atoms with Crippen LogP contribution in [0.3, 0.4) is 0 Å². The molecule has 0 aliphatic heterocycles. The van der Waals surface area contributed by atoms with Crippen molar-refractivity contribution in [2.45, 2.75) is 19.8 Å². The van der Waals surface area contributed by atoms with Crippen molar-refractivity contribution >= 4 is 17.7 Å². The number of hydrogen-bond donors (Lipinski definition) is 2. The number of carboxylic acid groups (broad SMARTS) is 1. The number of urea groups is 1. The molecule has 2 N–H and O–H groups in total. The maximum absolute atomic E-state index is 13.4. The molecular formula is C13H17FN2O3. The zero-order chi connectivity index (χ0) is 14.4. The number of nitrogens with one attached hydrogen (secondary N) is 1. The smallest absolute Gasteiger partial charge is 0.340 e. The van der Waals surface area contributed by atoms with E-state index in [1.807, 2.05) is 6.92 Å². The number of nitrogens with zero attached hydrogens (tertiary/aromatic N) is 1. The molecule has 19 heavy (non-hydrogen) atoms. The molecule has 0 atom stereocenters. The SMILES string of the molecule is CCCCN(C)C(=O)Nc1cccc(F)c1C(=O)O. The van der Waals surface area contributed by atoms with Crippen LogP contribution in [0.2, 0.25) is 0 Å². The third-order valence-corrected chi connectivity index (χ3v) is 2.66. The molecular weight excluding hydrogens is 251 g/mol. The number of amides is 2. The highest BCUT2D eigenvalue weighted by Gasteiger charge is 2.18. The Balaban J connectivity index is 2.85. The summed E-state index contributed by atoms with van der Waals surface area (Å²) in [5.41, 5.74) is -0.569. The van der Waals surface area contributed by atoms with Gasteiger partial charge in [0.2, 0.25) is 0 Å². The van der Waals surface area contributed by atoms with E-state index in [9.17, 15) is 14.0 Å². The van der Waals surface area contributed by atoms with Gasteiger partial charge >= 0.3 is 12.0 Å². The van der Waals surface area contributed by atoms with Crippen LogP contribution >= 0.6 is 0 Å². The molecule has 0 aliphatic rings. The maximum Gasteiger partial charge on any atom is 0.340 e. The van der Waals surface area contributed by atoms with E-state index in [1.54, 1.807) is 7.05 Å². The summed E-state index contributed by atoms with van der Waals surface area (Å²) in [5.74, 6) is -2.29. The van der Waals surface area contributed by atoms with Crippen LogP contribution in [0, 0.1) is 5.82 Å². The summed E-state index contributed by atoms with van der Waals surface area (Å²) in [6.07, 6.45) is 1.79. The molecule has 5 nitrogen and oxygen atoms in total. The largest absolute Gasteiger partial charge is 0.478 e. The molecule has 0 aromatic heterocycles. The highest BCUT2D eigenvalue weighted by Crippen LogP contribution is 2.19. The Labute approximate surface area is 111 Å². The lowest BCUT2D eigenvalue weighted by molar-refractivity contribution is 0.0693. The second-order valence-corrected chi connectivity index (χ2v) is 4.17. The van der Waals surface area contributed by atoms with E-state index in [0.29, 0.717) is 6.54 Å². The van der Waals surface area contributed by atoms with Crippen molar-refractivity contribution in [3.05, 3.63) is 29.6 Å². The first kappa shape index (κ1) is 14.9. The average molecular weight is 268 g/mol. The van der Waals surface area contributed by atoms with Crippen molar-refractivity contribution in [2.24, 2.45) is 0 Å². The second kappa shape index (κ2) is 6.72. The predicted molar refractivity (Wildman–Crippen MR) is 69.9 cm³/mol. The van der Waals surface area contributed by atoms with Gasteiger partial charge in [-0.05, 0) is 18.6 Å². The van der Waals surface area contributed by atoms with Gasteiger partial charge in [0.05, 0.1) is 5.69 Å². The van der Waals surface area contributed by atoms with Gasteiger partial charge in [0.15, 0.2) is 0 Å². The molecule has 6 heteroatoms. The van der Waals surface area contributed by atoms with E-state index in [1.165, 1.54) is 17.0 Å². The number of carbonyl (C=O) groups is 2. The lowest BCUT2D eigenvalue weighted by Gasteiger charge is -2.18. The third kappa shape index (κ3) is 3.94. The van der Waals surface area contributed by atoms with E-state index in [2.05, 4.69) is 5.32 Å². The Hall–Kier alpha value is -2.11. The van der Waals surface area contributed by atoms with Crippen LogP contribution in [-0.2, 0) is 0 Å². The minimum atomic E-state index is -1.41. The highest BCUT2D eigenvalue weighted by molar-refractivity contribution is 6.00. The summed E-state index contributed by atoms with van der Waals surface area (Å²) in [7, 11) is 1.60. The van der Waals surface area contributed by atoms with Gasteiger partial charge in [-0.15, -0.1) is 0 Å². The van der Waals surface area contributed by atoms with Gasteiger partial charge in [0.25, 0.3) is 0 Å². The van der Waals surface area contributed by atoms with E-state index < -0.39 is 23.4 Å². The average Bonchev–Trinajstić information content (AvgIpc) is 2.35. The number of aromatic carboxylic acids is 1. The molecule has 1 rings (SSSR count). The Morgan fingerprint density at radius 2 is 2.11 bits per heavy atom. The van der Waals surface area contributed by atoms with Crippen molar-refractivity contribution < 1.29 is 19.1 Å². The van der Waals surface area contributed by atoms with Gasteiger partial charge in [0.1, 0.15) is 11.4 Å². The zero-order valence-corrected chi connectivity index (χ0v) is 10.9. The third-order valence-electron chi connectivity index (χ3n) is 2.66. The molecule has 1 aromatic rings. The lowest BCUT2D eigenvalue weighted by atomic mass is 10.1. The van der Waals surface area contributed by atoms with Crippen LogP contribution in [-0.4, -0.2) is 35.6 Å². The van der Waals surface area contributed by atoms with Gasteiger partial charge in [-0.25, -0.2) is 14.0 Å². The van der Waals surface area contributed by atoms with Crippen LogP contribution in [0.5, 0.6) is 0 Å². The van der Waals surface area contributed by atoms with Gasteiger partial charge in [0, 0.05) is 13.6 Å². The molecule has 1 aromatic carbocycles. The number of anilines is 1. The number of hydrogen-bond acceptors (Lipinski definition) is 2. The number of carbonyl (C=O) groups excluding carboxylic acids is 1. The fourth-order valence-corrected chi connectivity index (χ4v) is 1.55. The topological polar surface area (TPSA) is 69.6 Å². The summed E-state index contributed by atoms with van der Waals surface area (Å²) in [4.78, 5) is 24.2. The fraction of sp³-hybridized carbons (Fsp3) is 0.385. The van der Waals surface area contributed by atoms with Crippen molar-refractivity contribution in [3.63, 3.8) is 0 Å². The van der Waals surface area contributed by atoms with Gasteiger partial charge < -0.3 is 15.3 Å². The Morgan fingerprint density at radius 1 is 1.42 bits per heavy atom. The first-order valence-electron chi connectivity index (χ1n) is 6.01. The summed E-state index contributed by atoms with van der Waals surface area (Å²) in [6.45, 7) is 2.56. The summed E-state index contributed by atoms with van der Waals surface area (Å²) < 4.78 is 13.4. The molecule has 0 saturated heterocycles. The number of carboxylic acids is 1. The molecule has 0 aliphatic carbocycles. The molecule has 0 unspecified atom stereocenters. The molecule has 104 valence electrons. The quantitative estimate of drug-likeness (QED) is 0.862. The van der Waals surface area contributed by atoms with Crippen molar-refractivity contribution in [1.82, 2.24) is 4.90 Å². The summed E-state index contributed by atoms with van der Waals surface area (Å²) in [5, 5.41) is 11.3. The minimum Gasteiger partial charge on any atom is -0.478 e. The molecule has 0 heterocycles. The first-order chi connectivity index (χ1) is 8.97. The Bertz CT molecular complexity index is 477. The van der Waals surface area contributed by atoms with E-state index in [0.717, 1.165) is 18.9 Å². The number of halogens is 1. The maximum atomic E-state index is 13.4. The summed E-state index contributed by atoms with van der Waals surface area (Å²) >= 11 is 0. The normalized spacial score (nSPS) is 10.1. The van der Waals surface area contributed by atoms with Gasteiger partial charge in [-0.3, -0.25) is 0 Å². The molecule has 0 saturated carbocycles. The fourth-order valence-electron chi connectivity index (χ4n) is 1.55. The van der Waals surface area contributed by atoms with Crippen molar-refractivity contribution in [2.75, 3.05) is 18.9 Å². The van der Waals surface area contributed by atoms with Crippen LogP contribution < -0.4 is 5.32 Å². The monoisotopic (exact) mass is 268 g/mol. The predicted octanol–water partition coefficient (Wildman–Crippen LogP) is 2.79. The lowest BCUT2D eigenvalue weighted by Crippen LogP contribution is -2.32. The van der Waals surface area contributed by atoms with Crippen LogP contribution in [0.15, 0.2) is 18.2 Å². The number of benzene rings is 1. The van der Waals surface area contributed by atoms with Crippen molar-refractivity contribution in [3.8, 4) is 0 Å². The summed E-state index contributed by atoms with van der Waals surface area (Å²) in [6, 6.07) is 3.29. The van der Waals surface area contributed by atoms with Gasteiger partial charge in [-0.2, -0.15) is 0 Å². The highest BCUT2D eigenvalue weighted by atomic mass is 19.1.